The average Bonchev–Trinajstić information content (AvgIpc) is 3.21. The summed E-state index contributed by atoms with van der Waals surface area (Å²) in [5.41, 5.74) is 0.925. The number of hydrogen-bond acceptors (Lipinski definition) is 5. The van der Waals surface area contributed by atoms with Crippen LogP contribution in [0.2, 0.25) is 0 Å². The summed E-state index contributed by atoms with van der Waals surface area (Å²) >= 11 is 0. The zero-order chi connectivity index (χ0) is 20.2. The average molecular weight is 391 g/mol. The minimum absolute atomic E-state index is 0.0666. The lowest BCUT2D eigenvalue weighted by Gasteiger charge is -2.13. The van der Waals surface area contributed by atoms with Gasteiger partial charge in [0.1, 0.15) is 11.6 Å². The van der Waals surface area contributed by atoms with Crippen LogP contribution in [0.3, 0.4) is 0 Å². The first-order chi connectivity index (χ1) is 14.2. The summed E-state index contributed by atoms with van der Waals surface area (Å²) in [6.45, 7) is 2.37. The molecule has 0 spiro atoms. The highest BCUT2D eigenvalue weighted by atomic mass is 19.1. The number of carbonyl (C=O) groups excluding carboxylic acids is 1. The number of aromatic nitrogens is 4. The first kappa shape index (κ1) is 18.5. The quantitative estimate of drug-likeness (QED) is 0.545. The summed E-state index contributed by atoms with van der Waals surface area (Å²) in [4.78, 5) is 13.0. The molecule has 0 unspecified atom stereocenters. The van der Waals surface area contributed by atoms with Crippen molar-refractivity contribution in [2.24, 2.45) is 0 Å². The first-order valence-corrected chi connectivity index (χ1v) is 9.13. The summed E-state index contributed by atoms with van der Waals surface area (Å²) in [5, 5.41) is 16.0. The zero-order valence-corrected chi connectivity index (χ0v) is 15.7. The smallest absolute Gasteiger partial charge is 0.256 e. The van der Waals surface area contributed by atoms with Gasteiger partial charge >= 0.3 is 0 Å². The van der Waals surface area contributed by atoms with Crippen LogP contribution in [0.15, 0.2) is 60.7 Å². The van der Waals surface area contributed by atoms with Crippen LogP contribution in [-0.4, -0.2) is 32.7 Å². The molecule has 1 N–H and O–H groups in total. The van der Waals surface area contributed by atoms with Crippen molar-refractivity contribution < 1.29 is 13.9 Å². The summed E-state index contributed by atoms with van der Waals surface area (Å²) in [7, 11) is 0. The Bertz CT molecular complexity index is 1170. The second kappa shape index (κ2) is 8.05. The van der Waals surface area contributed by atoms with Crippen molar-refractivity contribution in [3.05, 3.63) is 77.9 Å². The highest BCUT2D eigenvalue weighted by molar-refractivity contribution is 6.09. The Morgan fingerprint density at radius 2 is 2.00 bits per heavy atom. The summed E-state index contributed by atoms with van der Waals surface area (Å²) in [6, 6.07) is 17.2. The molecule has 7 nitrogen and oxygen atoms in total. The van der Waals surface area contributed by atoms with Gasteiger partial charge in [0.15, 0.2) is 5.82 Å². The fourth-order valence-electron chi connectivity index (χ4n) is 3.13. The molecule has 3 aromatic carbocycles. The van der Waals surface area contributed by atoms with E-state index in [1.54, 1.807) is 18.2 Å². The molecule has 0 aliphatic rings. The van der Waals surface area contributed by atoms with Crippen LogP contribution < -0.4 is 10.1 Å². The van der Waals surface area contributed by atoms with Crippen molar-refractivity contribution in [2.75, 3.05) is 6.61 Å². The highest BCUT2D eigenvalue weighted by Crippen LogP contribution is 2.28. The molecule has 1 aromatic heterocycles. The van der Waals surface area contributed by atoms with Crippen molar-refractivity contribution in [1.29, 1.82) is 0 Å². The molecular formula is C21H18FN5O2. The molecule has 0 saturated heterocycles. The van der Waals surface area contributed by atoms with Crippen molar-refractivity contribution in [3.8, 4) is 11.4 Å². The second-order valence-electron chi connectivity index (χ2n) is 6.26. The molecular weight excluding hydrogens is 373 g/mol. The third-order valence-electron chi connectivity index (χ3n) is 4.41. The molecule has 29 heavy (non-hydrogen) atoms. The molecule has 0 aliphatic heterocycles. The van der Waals surface area contributed by atoms with Gasteiger partial charge in [-0.1, -0.05) is 36.4 Å². The Balaban J connectivity index is 1.62. The van der Waals surface area contributed by atoms with Gasteiger partial charge in [-0.25, -0.2) is 4.39 Å². The van der Waals surface area contributed by atoms with E-state index in [4.69, 9.17) is 4.74 Å². The van der Waals surface area contributed by atoms with Gasteiger partial charge in [0, 0.05) is 0 Å². The third kappa shape index (κ3) is 3.77. The van der Waals surface area contributed by atoms with E-state index >= 15 is 0 Å². The Labute approximate surface area is 166 Å². The van der Waals surface area contributed by atoms with E-state index in [1.807, 2.05) is 37.3 Å². The van der Waals surface area contributed by atoms with Crippen LogP contribution in [0.25, 0.3) is 16.5 Å². The molecule has 146 valence electrons. The summed E-state index contributed by atoms with van der Waals surface area (Å²) in [5.74, 6) is 0.180. The SMILES string of the molecule is CCOc1ccc2ccccc2c1C(=O)NCc1nnnn1-c1cccc(F)c1. The van der Waals surface area contributed by atoms with Crippen molar-refractivity contribution >= 4 is 16.7 Å². The molecule has 0 atom stereocenters. The lowest BCUT2D eigenvalue weighted by atomic mass is 10.0. The first-order valence-electron chi connectivity index (χ1n) is 9.13. The van der Waals surface area contributed by atoms with Gasteiger partial charge in [0.25, 0.3) is 5.91 Å². The number of rotatable bonds is 6. The molecule has 4 aromatic rings. The fraction of sp³-hybridized carbons (Fsp3) is 0.143. The molecule has 4 rings (SSSR count). The number of carbonyl (C=O) groups is 1. The van der Waals surface area contributed by atoms with Gasteiger partial charge in [0.05, 0.1) is 24.4 Å². The lowest BCUT2D eigenvalue weighted by Crippen LogP contribution is -2.25. The topological polar surface area (TPSA) is 81.9 Å². The maximum absolute atomic E-state index is 13.5. The van der Waals surface area contributed by atoms with Crippen LogP contribution >= 0.6 is 0 Å². The van der Waals surface area contributed by atoms with Crippen molar-refractivity contribution in [2.45, 2.75) is 13.5 Å². The predicted molar refractivity (Wildman–Crippen MR) is 105 cm³/mol. The van der Waals surface area contributed by atoms with E-state index in [-0.39, 0.29) is 12.5 Å². The molecule has 1 heterocycles. The van der Waals surface area contributed by atoms with Crippen LogP contribution in [0.1, 0.15) is 23.1 Å². The molecule has 0 aliphatic carbocycles. The largest absolute Gasteiger partial charge is 0.493 e. The van der Waals surface area contributed by atoms with Gasteiger partial charge in [-0.15, -0.1) is 5.10 Å². The van der Waals surface area contributed by atoms with Gasteiger partial charge in [-0.05, 0) is 52.4 Å². The van der Waals surface area contributed by atoms with Crippen molar-refractivity contribution in [1.82, 2.24) is 25.5 Å². The fourth-order valence-corrected chi connectivity index (χ4v) is 3.13. The zero-order valence-electron chi connectivity index (χ0n) is 15.7. The number of fused-ring (bicyclic) bond motifs is 1. The normalized spacial score (nSPS) is 10.8. The second-order valence-corrected chi connectivity index (χ2v) is 6.26. The molecule has 0 saturated carbocycles. The van der Waals surface area contributed by atoms with E-state index in [2.05, 4.69) is 20.8 Å². The van der Waals surface area contributed by atoms with E-state index in [9.17, 15) is 9.18 Å². The van der Waals surface area contributed by atoms with Crippen LogP contribution in [-0.2, 0) is 6.54 Å². The van der Waals surface area contributed by atoms with E-state index in [0.717, 1.165) is 10.8 Å². The lowest BCUT2D eigenvalue weighted by molar-refractivity contribution is 0.0947. The Morgan fingerprint density at radius 1 is 1.14 bits per heavy atom. The number of halogens is 1. The number of benzene rings is 3. The Kier molecular flexibility index (Phi) is 5.15. The van der Waals surface area contributed by atoms with Crippen LogP contribution in [0.5, 0.6) is 5.75 Å². The highest BCUT2D eigenvalue weighted by Gasteiger charge is 2.18. The number of ether oxygens (including phenoxy) is 1. The summed E-state index contributed by atoms with van der Waals surface area (Å²) < 4.78 is 20.6. The van der Waals surface area contributed by atoms with Gasteiger partial charge in [-0.2, -0.15) is 4.68 Å². The molecule has 0 fully saturated rings. The summed E-state index contributed by atoms with van der Waals surface area (Å²) in [6.07, 6.45) is 0. The molecule has 0 bridgehead atoms. The maximum atomic E-state index is 13.5. The van der Waals surface area contributed by atoms with Gasteiger partial charge in [-0.3, -0.25) is 4.79 Å². The molecule has 1 amide bonds. The number of nitrogens with one attached hydrogen (secondary N) is 1. The number of tetrazole rings is 1. The third-order valence-corrected chi connectivity index (χ3v) is 4.41. The number of amides is 1. The maximum Gasteiger partial charge on any atom is 0.256 e. The minimum atomic E-state index is -0.398. The Hall–Kier alpha value is -3.81. The van der Waals surface area contributed by atoms with E-state index in [1.165, 1.54) is 16.8 Å². The van der Waals surface area contributed by atoms with E-state index in [0.29, 0.717) is 29.4 Å². The number of nitrogens with zero attached hydrogens (tertiary/aromatic N) is 4. The molecule has 0 radical (unpaired) electrons. The minimum Gasteiger partial charge on any atom is -0.493 e. The van der Waals surface area contributed by atoms with Crippen LogP contribution in [0.4, 0.5) is 4.39 Å². The van der Waals surface area contributed by atoms with Gasteiger partial charge < -0.3 is 10.1 Å². The number of hydrogen-bond donors (Lipinski definition) is 1. The monoisotopic (exact) mass is 391 g/mol. The Morgan fingerprint density at radius 3 is 2.83 bits per heavy atom. The predicted octanol–water partition coefficient (Wildman–Crippen LogP) is 3.28. The standard InChI is InChI=1S/C21H18FN5O2/c1-2-29-18-11-10-14-6-3-4-9-17(14)20(18)21(28)23-13-19-24-25-26-27(19)16-8-5-7-15(22)12-16/h3-12H,2,13H2,1H3,(H,23,28). The van der Waals surface area contributed by atoms with E-state index < -0.39 is 5.82 Å². The van der Waals surface area contributed by atoms with Crippen LogP contribution in [0, 0.1) is 5.82 Å². The molecule has 8 heteroatoms. The van der Waals surface area contributed by atoms with Gasteiger partial charge in [0.2, 0.25) is 0 Å². The van der Waals surface area contributed by atoms with Crippen molar-refractivity contribution in [3.63, 3.8) is 0 Å².